The molecule has 0 spiro atoms. The number of allylic oxidation sites excluding steroid dienone is 2. The van der Waals surface area contributed by atoms with Crippen molar-refractivity contribution in [2.24, 2.45) is 11.8 Å². The maximum absolute atomic E-state index is 14.1. The molecule has 1 aliphatic carbocycles. The molecule has 0 aliphatic heterocycles. The molecular formula is C17H23FO. The summed E-state index contributed by atoms with van der Waals surface area (Å²) < 4.78 is 14.1. The molecule has 1 aliphatic rings. The zero-order valence-electron chi connectivity index (χ0n) is 12.2. The Kier molecular flexibility index (Phi) is 4.10. The van der Waals surface area contributed by atoms with Gasteiger partial charge in [0.1, 0.15) is 5.82 Å². The zero-order valence-corrected chi connectivity index (χ0v) is 12.2. The molecule has 2 heteroatoms. The van der Waals surface area contributed by atoms with Crippen LogP contribution in [0.2, 0.25) is 0 Å². The van der Waals surface area contributed by atoms with Crippen molar-refractivity contribution < 1.29 is 9.50 Å². The average molecular weight is 262 g/mol. The Balaban J connectivity index is 2.30. The molecule has 0 saturated heterocycles. The molecule has 0 aromatic heterocycles. The number of hydrogen-bond donors (Lipinski definition) is 1. The molecule has 1 N–H and O–H groups in total. The van der Waals surface area contributed by atoms with Crippen molar-refractivity contribution in [2.75, 3.05) is 0 Å². The van der Waals surface area contributed by atoms with Crippen molar-refractivity contribution in [1.82, 2.24) is 0 Å². The Morgan fingerprint density at radius 3 is 2.53 bits per heavy atom. The summed E-state index contributed by atoms with van der Waals surface area (Å²) in [6.45, 7) is 8.00. The number of halogens is 1. The Labute approximate surface area is 115 Å². The van der Waals surface area contributed by atoms with Crippen LogP contribution in [0.25, 0.3) is 0 Å². The number of aryl methyl sites for hydroxylation is 2. The van der Waals surface area contributed by atoms with E-state index in [2.05, 4.69) is 19.9 Å². The van der Waals surface area contributed by atoms with E-state index in [1.165, 1.54) is 11.6 Å². The zero-order chi connectivity index (χ0) is 14.2. The van der Waals surface area contributed by atoms with Gasteiger partial charge in [0.15, 0.2) is 0 Å². The van der Waals surface area contributed by atoms with Gasteiger partial charge in [-0.1, -0.05) is 24.6 Å². The molecule has 0 saturated carbocycles. The highest BCUT2D eigenvalue weighted by Crippen LogP contribution is 2.38. The van der Waals surface area contributed by atoms with E-state index in [0.29, 0.717) is 11.5 Å². The first kappa shape index (κ1) is 14.3. The van der Waals surface area contributed by atoms with Gasteiger partial charge >= 0.3 is 0 Å². The molecule has 0 radical (unpaired) electrons. The Hall–Kier alpha value is -1.15. The minimum atomic E-state index is -0.702. The summed E-state index contributed by atoms with van der Waals surface area (Å²) in [5.41, 5.74) is 3.54. The number of hydrogen-bond acceptors (Lipinski definition) is 1. The van der Waals surface area contributed by atoms with E-state index in [9.17, 15) is 9.50 Å². The van der Waals surface area contributed by atoms with E-state index in [4.69, 9.17) is 0 Å². The molecule has 3 atom stereocenters. The van der Waals surface area contributed by atoms with E-state index in [1.807, 2.05) is 19.9 Å². The van der Waals surface area contributed by atoms with Gasteiger partial charge < -0.3 is 5.11 Å². The lowest BCUT2D eigenvalue weighted by Crippen LogP contribution is -2.21. The van der Waals surface area contributed by atoms with E-state index in [0.717, 1.165) is 24.0 Å². The van der Waals surface area contributed by atoms with Crippen LogP contribution >= 0.6 is 0 Å². The number of rotatable bonds is 2. The van der Waals surface area contributed by atoms with Gasteiger partial charge in [-0.15, -0.1) is 0 Å². The third-order valence-electron chi connectivity index (χ3n) is 4.05. The first-order valence-electron chi connectivity index (χ1n) is 7.00. The van der Waals surface area contributed by atoms with E-state index >= 15 is 0 Å². The van der Waals surface area contributed by atoms with Crippen LogP contribution in [-0.4, -0.2) is 5.11 Å². The minimum Gasteiger partial charge on any atom is -0.388 e. The normalized spacial score (nSPS) is 25.1. The minimum absolute atomic E-state index is 0.121. The molecule has 0 bridgehead atoms. The molecule has 0 fully saturated rings. The van der Waals surface area contributed by atoms with Crippen LogP contribution in [0.15, 0.2) is 23.8 Å². The van der Waals surface area contributed by atoms with Crippen molar-refractivity contribution in [3.63, 3.8) is 0 Å². The molecule has 1 nitrogen and oxygen atoms in total. The second-order valence-corrected chi connectivity index (χ2v) is 6.11. The van der Waals surface area contributed by atoms with E-state index < -0.39 is 6.10 Å². The van der Waals surface area contributed by atoms with Crippen LogP contribution in [0.3, 0.4) is 0 Å². The van der Waals surface area contributed by atoms with Gasteiger partial charge in [-0.05, 0) is 62.6 Å². The lowest BCUT2D eigenvalue weighted by molar-refractivity contribution is 0.0892. The molecule has 104 valence electrons. The largest absolute Gasteiger partial charge is 0.388 e. The summed E-state index contributed by atoms with van der Waals surface area (Å²) in [5.74, 6) is 0.308. The van der Waals surface area contributed by atoms with E-state index in [-0.39, 0.29) is 11.7 Å². The van der Waals surface area contributed by atoms with Gasteiger partial charge in [-0.25, -0.2) is 4.39 Å². The lowest BCUT2D eigenvalue weighted by Gasteiger charge is -2.30. The third kappa shape index (κ3) is 3.06. The summed E-state index contributed by atoms with van der Waals surface area (Å²) in [5, 5.41) is 10.6. The second kappa shape index (κ2) is 5.46. The number of aliphatic hydroxyl groups is 1. The molecule has 19 heavy (non-hydrogen) atoms. The van der Waals surface area contributed by atoms with E-state index in [1.54, 1.807) is 0 Å². The van der Waals surface area contributed by atoms with Crippen LogP contribution < -0.4 is 0 Å². The van der Waals surface area contributed by atoms with Gasteiger partial charge in [0.25, 0.3) is 0 Å². The fourth-order valence-corrected chi connectivity index (χ4v) is 3.37. The number of aliphatic hydroxyl groups excluding tert-OH is 1. The number of benzene rings is 1. The molecule has 2 rings (SSSR count). The molecule has 0 amide bonds. The summed E-state index contributed by atoms with van der Waals surface area (Å²) in [7, 11) is 0. The predicted octanol–water partition coefficient (Wildman–Crippen LogP) is 4.47. The predicted molar refractivity (Wildman–Crippen MR) is 76.5 cm³/mol. The van der Waals surface area contributed by atoms with Crippen molar-refractivity contribution in [3.8, 4) is 0 Å². The first-order valence-corrected chi connectivity index (χ1v) is 7.00. The van der Waals surface area contributed by atoms with Crippen LogP contribution in [0.1, 0.15) is 49.5 Å². The van der Waals surface area contributed by atoms with Crippen LogP contribution in [0.4, 0.5) is 4.39 Å². The van der Waals surface area contributed by atoms with Crippen molar-refractivity contribution >= 4 is 0 Å². The Bertz CT molecular complexity index is 481. The molecular weight excluding hydrogens is 239 g/mol. The Morgan fingerprint density at radius 2 is 1.95 bits per heavy atom. The van der Waals surface area contributed by atoms with Crippen LogP contribution in [0, 0.1) is 31.5 Å². The second-order valence-electron chi connectivity index (χ2n) is 6.11. The molecule has 1 aromatic rings. The average Bonchev–Trinajstić information content (AvgIpc) is 2.25. The topological polar surface area (TPSA) is 20.2 Å². The summed E-state index contributed by atoms with van der Waals surface area (Å²) in [6.07, 6.45) is 3.33. The third-order valence-corrected chi connectivity index (χ3v) is 4.05. The highest BCUT2D eigenvalue weighted by molar-refractivity contribution is 5.34. The standard InChI is InChI=1S/C17H23FO/c1-10-5-11(2)8-14(7-10)17(19)16-13(4)6-12(3)9-15(16)18/h5-6,9-10,14,17,19H,7-8H2,1-4H3. The summed E-state index contributed by atoms with van der Waals surface area (Å²) in [4.78, 5) is 0. The van der Waals surface area contributed by atoms with Gasteiger partial charge in [0, 0.05) is 5.56 Å². The summed E-state index contributed by atoms with van der Waals surface area (Å²) >= 11 is 0. The highest BCUT2D eigenvalue weighted by Gasteiger charge is 2.28. The van der Waals surface area contributed by atoms with Gasteiger partial charge in [-0.3, -0.25) is 0 Å². The maximum Gasteiger partial charge on any atom is 0.129 e. The smallest absolute Gasteiger partial charge is 0.129 e. The van der Waals surface area contributed by atoms with Gasteiger partial charge in [0.2, 0.25) is 0 Å². The van der Waals surface area contributed by atoms with Crippen molar-refractivity contribution in [3.05, 3.63) is 46.3 Å². The van der Waals surface area contributed by atoms with Crippen molar-refractivity contribution in [1.29, 1.82) is 0 Å². The Morgan fingerprint density at radius 1 is 1.26 bits per heavy atom. The fraction of sp³-hybridized carbons (Fsp3) is 0.529. The fourth-order valence-electron chi connectivity index (χ4n) is 3.37. The van der Waals surface area contributed by atoms with Crippen molar-refractivity contribution in [2.45, 2.75) is 46.6 Å². The molecule has 3 unspecified atom stereocenters. The van der Waals surface area contributed by atoms with Crippen LogP contribution in [-0.2, 0) is 0 Å². The molecule has 0 heterocycles. The first-order chi connectivity index (χ1) is 8.88. The SMILES string of the molecule is CC1=CC(C)CC(C(O)c2c(C)cc(C)cc2F)C1. The lowest BCUT2D eigenvalue weighted by atomic mass is 9.78. The van der Waals surface area contributed by atoms with Gasteiger partial charge in [0.05, 0.1) is 6.10 Å². The summed E-state index contributed by atoms with van der Waals surface area (Å²) in [6, 6.07) is 3.46. The quantitative estimate of drug-likeness (QED) is 0.780. The highest BCUT2D eigenvalue weighted by atomic mass is 19.1. The van der Waals surface area contributed by atoms with Gasteiger partial charge in [-0.2, -0.15) is 0 Å². The van der Waals surface area contributed by atoms with Crippen LogP contribution in [0.5, 0.6) is 0 Å². The maximum atomic E-state index is 14.1. The molecule has 1 aromatic carbocycles. The monoisotopic (exact) mass is 262 g/mol.